The first-order valence-electron chi connectivity index (χ1n) is 6.96. The first-order valence-corrected chi connectivity index (χ1v) is 7.33. The number of hydrogen-bond donors (Lipinski definition) is 0. The first-order chi connectivity index (χ1) is 9.65. The van der Waals surface area contributed by atoms with Gasteiger partial charge in [0.2, 0.25) is 0 Å². The second-order valence-electron chi connectivity index (χ2n) is 5.66. The van der Waals surface area contributed by atoms with E-state index < -0.39 is 0 Å². The van der Waals surface area contributed by atoms with Gasteiger partial charge >= 0.3 is 0 Å². The molecule has 1 aromatic heterocycles. The molecular formula is C15H19ClN4. The fourth-order valence-corrected chi connectivity index (χ4v) is 3.19. The molecule has 0 radical (unpaired) electrons. The van der Waals surface area contributed by atoms with Gasteiger partial charge in [-0.1, -0.05) is 35.9 Å². The van der Waals surface area contributed by atoms with Crippen molar-refractivity contribution in [2.24, 2.45) is 5.92 Å². The zero-order chi connectivity index (χ0) is 14.1. The van der Waals surface area contributed by atoms with Crippen molar-refractivity contribution in [1.29, 1.82) is 0 Å². The van der Waals surface area contributed by atoms with Gasteiger partial charge in [0.25, 0.3) is 0 Å². The van der Waals surface area contributed by atoms with Crippen molar-refractivity contribution >= 4 is 28.2 Å². The van der Waals surface area contributed by atoms with Crippen LogP contribution in [0.4, 0.5) is 5.82 Å². The summed E-state index contributed by atoms with van der Waals surface area (Å²) in [5.41, 5.74) is 0. The number of fused-ring (bicyclic) bond motifs is 1. The van der Waals surface area contributed by atoms with Gasteiger partial charge in [-0.3, -0.25) is 0 Å². The third-order valence-corrected chi connectivity index (χ3v) is 4.28. The fraction of sp³-hybridized carbons (Fsp3) is 0.467. The van der Waals surface area contributed by atoms with Crippen molar-refractivity contribution in [2.75, 3.05) is 38.6 Å². The van der Waals surface area contributed by atoms with Crippen molar-refractivity contribution in [3.05, 3.63) is 29.4 Å². The molecule has 0 spiro atoms. The molecule has 1 fully saturated rings. The lowest BCUT2D eigenvalue weighted by Crippen LogP contribution is -2.28. The molecule has 0 amide bonds. The lowest BCUT2D eigenvalue weighted by molar-refractivity contribution is 0.395. The Morgan fingerprint density at radius 1 is 1.30 bits per heavy atom. The van der Waals surface area contributed by atoms with E-state index in [9.17, 15) is 0 Å². The Bertz CT molecular complexity index is 616. The van der Waals surface area contributed by atoms with Gasteiger partial charge in [0.15, 0.2) is 11.0 Å². The molecule has 0 N–H and O–H groups in total. The minimum Gasteiger partial charge on any atom is -0.357 e. The van der Waals surface area contributed by atoms with Crippen molar-refractivity contribution in [2.45, 2.75) is 6.42 Å². The average Bonchev–Trinajstić information content (AvgIpc) is 2.84. The second kappa shape index (κ2) is 5.54. The summed E-state index contributed by atoms with van der Waals surface area (Å²) in [6.45, 7) is 3.35. The SMILES string of the molecule is CN1CCC(CN(C)c2nnc(Cl)c3ccccc23)C1. The highest BCUT2D eigenvalue weighted by Crippen LogP contribution is 2.28. The van der Waals surface area contributed by atoms with E-state index in [0.29, 0.717) is 11.1 Å². The quantitative estimate of drug-likeness (QED) is 0.870. The van der Waals surface area contributed by atoms with E-state index in [1.807, 2.05) is 18.2 Å². The van der Waals surface area contributed by atoms with Gasteiger partial charge in [0.1, 0.15) is 0 Å². The third kappa shape index (κ3) is 2.58. The monoisotopic (exact) mass is 290 g/mol. The molecule has 1 atom stereocenters. The van der Waals surface area contributed by atoms with Crippen LogP contribution in [0, 0.1) is 5.92 Å². The Morgan fingerprint density at radius 3 is 2.75 bits per heavy atom. The summed E-state index contributed by atoms with van der Waals surface area (Å²) < 4.78 is 0. The van der Waals surface area contributed by atoms with Gasteiger partial charge in [-0.05, 0) is 25.9 Å². The molecule has 0 bridgehead atoms. The molecule has 3 rings (SSSR count). The van der Waals surface area contributed by atoms with Crippen LogP contribution in [0.15, 0.2) is 24.3 Å². The zero-order valence-electron chi connectivity index (χ0n) is 11.9. The topological polar surface area (TPSA) is 32.3 Å². The van der Waals surface area contributed by atoms with E-state index in [-0.39, 0.29) is 0 Å². The Morgan fingerprint density at radius 2 is 2.05 bits per heavy atom. The molecular weight excluding hydrogens is 272 g/mol. The van der Waals surface area contributed by atoms with Crippen LogP contribution in [0.25, 0.3) is 10.8 Å². The number of benzene rings is 1. The number of hydrogen-bond acceptors (Lipinski definition) is 4. The third-order valence-electron chi connectivity index (χ3n) is 4.01. The predicted molar refractivity (Wildman–Crippen MR) is 83.4 cm³/mol. The summed E-state index contributed by atoms with van der Waals surface area (Å²) in [7, 11) is 4.26. The zero-order valence-corrected chi connectivity index (χ0v) is 12.6. The van der Waals surface area contributed by atoms with Gasteiger partial charge < -0.3 is 9.80 Å². The molecule has 1 aromatic carbocycles. The highest BCUT2D eigenvalue weighted by Gasteiger charge is 2.22. The number of aromatic nitrogens is 2. The molecule has 20 heavy (non-hydrogen) atoms. The van der Waals surface area contributed by atoms with Crippen molar-refractivity contribution in [3.8, 4) is 0 Å². The standard InChI is InChI=1S/C15H19ClN4/c1-19-8-7-11(9-19)10-20(2)15-13-6-4-3-5-12(13)14(16)17-18-15/h3-6,11H,7-10H2,1-2H3. The molecule has 2 heterocycles. The van der Waals surface area contributed by atoms with Crippen LogP contribution in [0.2, 0.25) is 5.15 Å². The fourth-order valence-electron chi connectivity index (χ4n) is 2.99. The number of likely N-dealkylation sites (tertiary alicyclic amines) is 1. The number of nitrogens with zero attached hydrogens (tertiary/aromatic N) is 4. The Hall–Kier alpha value is -1.39. The molecule has 1 aliphatic heterocycles. The molecule has 2 aromatic rings. The molecule has 1 aliphatic rings. The largest absolute Gasteiger partial charge is 0.357 e. The summed E-state index contributed by atoms with van der Waals surface area (Å²) in [6, 6.07) is 8.04. The minimum absolute atomic E-state index is 0.471. The number of anilines is 1. The Kier molecular flexibility index (Phi) is 3.76. The smallest absolute Gasteiger partial charge is 0.159 e. The van der Waals surface area contributed by atoms with Gasteiger partial charge in [0.05, 0.1) is 0 Å². The molecule has 106 valence electrons. The van der Waals surface area contributed by atoms with E-state index in [2.05, 4.69) is 40.2 Å². The maximum Gasteiger partial charge on any atom is 0.159 e. The Labute approximate surface area is 124 Å². The summed E-state index contributed by atoms with van der Waals surface area (Å²) in [5, 5.41) is 10.9. The van der Waals surface area contributed by atoms with E-state index in [0.717, 1.165) is 29.7 Å². The highest BCUT2D eigenvalue weighted by atomic mass is 35.5. The van der Waals surface area contributed by atoms with Crippen LogP contribution < -0.4 is 4.90 Å². The first kappa shape index (κ1) is 13.6. The van der Waals surface area contributed by atoms with E-state index in [1.54, 1.807) is 0 Å². The van der Waals surface area contributed by atoms with Crippen LogP contribution in [-0.4, -0.2) is 48.8 Å². The summed E-state index contributed by atoms with van der Waals surface area (Å²) >= 11 is 6.12. The van der Waals surface area contributed by atoms with Crippen LogP contribution >= 0.6 is 11.6 Å². The molecule has 0 saturated carbocycles. The van der Waals surface area contributed by atoms with Gasteiger partial charge in [0, 0.05) is 30.9 Å². The molecule has 5 heteroatoms. The second-order valence-corrected chi connectivity index (χ2v) is 6.02. The number of rotatable bonds is 3. The van der Waals surface area contributed by atoms with Crippen molar-refractivity contribution in [1.82, 2.24) is 15.1 Å². The predicted octanol–water partition coefficient (Wildman–Crippen LogP) is 2.67. The molecule has 4 nitrogen and oxygen atoms in total. The average molecular weight is 291 g/mol. The molecule has 0 aliphatic carbocycles. The van der Waals surface area contributed by atoms with E-state index in [1.165, 1.54) is 13.0 Å². The van der Waals surface area contributed by atoms with Crippen LogP contribution in [0.1, 0.15) is 6.42 Å². The molecule has 1 saturated heterocycles. The van der Waals surface area contributed by atoms with E-state index in [4.69, 9.17) is 11.6 Å². The summed E-state index contributed by atoms with van der Waals surface area (Å²) in [5.74, 6) is 1.61. The van der Waals surface area contributed by atoms with Gasteiger partial charge in [-0.15, -0.1) is 10.2 Å². The summed E-state index contributed by atoms with van der Waals surface area (Å²) in [4.78, 5) is 4.58. The lowest BCUT2D eigenvalue weighted by Gasteiger charge is -2.23. The number of halogens is 1. The Balaban J connectivity index is 1.88. The maximum absolute atomic E-state index is 6.12. The van der Waals surface area contributed by atoms with E-state index >= 15 is 0 Å². The highest BCUT2D eigenvalue weighted by molar-refractivity contribution is 6.34. The van der Waals surface area contributed by atoms with Crippen LogP contribution in [0.5, 0.6) is 0 Å². The normalized spacial score (nSPS) is 19.6. The van der Waals surface area contributed by atoms with Gasteiger partial charge in [-0.2, -0.15) is 0 Å². The lowest BCUT2D eigenvalue weighted by atomic mass is 10.1. The van der Waals surface area contributed by atoms with Crippen molar-refractivity contribution < 1.29 is 0 Å². The van der Waals surface area contributed by atoms with Crippen LogP contribution in [-0.2, 0) is 0 Å². The summed E-state index contributed by atoms with van der Waals surface area (Å²) in [6.07, 6.45) is 1.25. The minimum atomic E-state index is 0.471. The maximum atomic E-state index is 6.12. The molecule has 1 unspecified atom stereocenters. The van der Waals surface area contributed by atoms with Gasteiger partial charge in [-0.25, -0.2) is 0 Å². The van der Waals surface area contributed by atoms with Crippen molar-refractivity contribution in [3.63, 3.8) is 0 Å². The van der Waals surface area contributed by atoms with Crippen LogP contribution in [0.3, 0.4) is 0 Å².